The highest BCUT2D eigenvalue weighted by Gasteiger charge is 2.23. The second-order valence-corrected chi connectivity index (χ2v) is 3.37. The average molecular weight is 191 g/mol. The number of para-hydroxylation sites is 1. The molecule has 1 unspecified atom stereocenters. The minimum absolute atomic E-state index is 0.282. The summed E-state index contributed by atoms with van der Waals surface area (Å²) in [5.41, 5.74) is 2.00. The summed E-state index contributed by atoms with van der Waals surface area (Å²) in [5, 5.41) is 4.04. The molecule has 1 aromatic carbocycles. The van der Waals surface area contributed by atoms with Crippen LogP contribution >= 0.6 is 0 Å². The van der Waals surface area contributed by atoms with Crippen LogP contribution in [-0.2, 0) is 4.84 Å². The molecule has 0 N–H and O–H groups in total. The lowest BCUT2D eigenvalue weighted by Gasteiger charge is -2.23. The summed E-state index contributed by atoms with van der Waals surface area (Å²) in [6.45, 7) is 2.74. The van der Waals surface area contributed by atoms with Crippen molar-refractivity contribution < 1.29 is 9.57 Å². The molecule has 1 aromatic rings. The van der Waals surface area contributed by atoms with Crippen molar-refractivity contribution in [2.24, 2.45) is 11.1 Å². The molecule has 0 saturated carbocycles. The predicted octanol–water partition coefficient (Wildman–Crippen LogP) is 2.07. The van der Waals surface area contributed by atoms with Crippen molar-refractivity contribution in [3.63, 3.8) is 0 Å². The van der Waals surface area contributed by atoms with E-state index >= 15 is 0 Å². The normalized spacial score (nSPS) is 22.7. The predicted molar refractivity (Wildman–Crippen MR) is 54.6 cm³/mol. The molecule has 0 aromatic heterocycles. The van der Waals surface area contributed by atoms with E-state index in [9.17, 15) is 0 Å². The van der Waals surface area contributed by atoms with Crippen LogP contribution in [0.5, 0.6) is 5.75 Å². The summed E-state index contributed by atoms with van der Waals surface area (Å²) in [6.07, 6.45) is 0. The summed E-state index contributed by atoms with van der Waals surface area (Å²) >= 11 is 0. The summed E-state index contributed by atoms with van der Waals surface area (Å²) < 4.78 is 5.58. The molecule has 1 heterocycles. The van der Waals surface area contributed by atoms with Crippen LogP contribution in [0.25, 0.3) is 0 Å². The molecule has 1 aliphatic rings. The Labute approximate surface area is 83.3 Å². The number of hydrogen-bond donors (Lipinski definition) is 0. The van der Waals surface area contributed by atoms with Crippen LogP contribution in [0.2, 0.25) is 0 Å². The molecular weight excluding hydrogens is 178 g/mol. The minimum Gasteiger partial charge on any atom is -0.492 e. The molecule has 0 fully saturated rings. The van der Waals surface area contributed by atoms with Crippen molar-refractivity contribution in [3.05, 3.63) is 29.8 Å². The number of benzene rings is 1. The van der Waals surface area contributed by atoms with Gasteiger partial charge in [-0.25, -0.2) is 0 Å². The molecule has 0 amide bonds. The number of oxime groups is 1. The maximum absolute atomic E-state index is 5.58. The number of nitrogens with zero attached hydrogens (tertiary/aromatic N) is 1. The number of rotatable bonds is 1. The van der Waals surface area contributed by atoms with Crippen LogP contribution in [0.15, 0.2) is 29.4 Å². The van der Waals surface area contributed by atoms with E-state index in [0.717, 1.165) is 17.0 Å². The first kappa shape index (κ1) is 9.06. The fraction of sp³-hybridized carbons (Fsp3) is 0.364. The van der Waals surface area contributed by atoms with Gasteiger partial charge in [0.15, 0.2) is 0 Å². The standard InChI is InChI=1S/C11H13NO2/c1-8-7-14-10-6-4-3-5-9(10)11(8)12-13-2/h3-6,8H,7H2,1-2H3. The zero-order chi connectivity index (χ0) is 9.97. The minimum atomic E-state index is 0.282. The highest BCUT2D eigenvalue weighted by atomic mass is 16.6. The first-order valence-electron chi connectivity index (χ1n) is 4.66. The topological polar surface area (TPSA) is 30.8 Å². The van der Waals surface area contributed by atoms with Gasteiger partial charge in [-0.2, -0.15) is 0 Å². The number of fused-ring (bicyclic) bond motifs is 1. The fourth-order valence-electron chi connectivity index (χ4n) is 1.60. The van der Waals surface area contributed by atoms with Gasteiger partial charge in [0, 0.05) is 11.5 Å². The summed E-state index contributed by atoms with van der Waals surface area (Å²) in [5.74, 6) is 1.17. The molecule has 14 heavy (non-hydrogen) atoms. The third-order valence-electron chi connectivity index (χ3n) is 2.31. The van der Waals surface area contributed by atoms with E-state index in [4.69, 9.17) is 9.57 Å². The van der Waals surface area contributed by atoms with Crippen molar-refractivity contribution >= 4 is 5.71 Å². The maximum Gasteiger partial charge on any atom is 0.128 e. The van der Waals surface area contributed by atoms with Gasteiger partial charge in [0.25, 0.3) is 0 Å². The van der Waals surface area contributed by atoms with Crippen LogP contribution < -0.4 is 4.74 Å². The lowest BCUT2D eigenvalue weighted by atomic mass is 9.96. The third kappa shape index (κ3) is 1.45. The molecule has 1 aliphatic heterocycles. The van der Waals surface area contributed by atoms with Crippen LogP contribution in [-0.4, -0.2) is 19.4 Å². The molecule has 74 valence electrons. The molecule has 0 aliphatic carbocycles. The molecule has 1 atom stereocenters. The summed E-state index contributed by atoms with van der Waals surface area (Å²) in [7, 11) is 1.57. The fourth-order valence-corrected chi connectivity index (χ4v) is 1.60. The van der Waals surface area contributed by atoms with E-state index in [2.05, 4.69) is 12.1 Å². The van der Waals surface area contributed by atoms with E-state index in [-0.39, 0.29) is 5.92 Å². The van der Waals surface area contributed by atoms with Gasteiger partial charge in [0.05, 0.1) is 12.3 Å². The summed E-state index contributed by atoms with van der Waals surface area (Å²) in [6, 6.07) is 7.89. The number of hydrogen-bond acceptors (Lipinski definition) is 3. The quantitative estimate of drug-likeness (QED) is 0.636. The first-order chi connectivity index (χ1) is 6.83. The highest BCUT2D eigenvalue weighted by molar-refractivity contribution is 6.04. The first-order valence-corrected chi connectivity index (χ1v) is 4.66. The largest absolute Gasteiger partial charge is 0.492 e. The molecule has 3 heteroatoms. The highest BCUT2D eigenvalue weighted by Crippen LogP contribution is 2.27. The monoisotopic (exact) mass is 191 g/mol. The Bertz CT molecular complexity index is 360. The molecule has 0 bridgehead atoms. The Morgan fingerprint density at radius 3 is 3.00 bits per heavy atom. The zero-order valence-corrected chi connectivity index (χ0v) is 8.36. The SMILES string of the molecule is CON=C1c2ccccc2OCC1C. The Hall–Kier alpha value is -1.51. The smallest absolute Gasteiger partial charge is 0.128 e. The zero-order valence-electron chi connectivity index (χ0n) is 8.36. The van der Waals surface area contributed by atoms with E-state index in [1.165, 1.54) is 0 Å². The Morgan fingerprint density at radius 2 is 2.21 bits per heavy atom. The van der Waals surface area contributed by atoms with Gasteiger partial charge in [-0.3, -0.25) is 0 Å². The Morgan fingerprint density at radius 1 is 1.43 bits per heavy atom. The molecule has 0 saturated heterocycles. The van der Waals surface area contributed by atoms with Gasteiger partial charge < -0.3 is 9.57 Å². The lowest BCUT2D eigenvalue weighted by molar-refractivity contribution is 0.206. The second kappa shape index (κ2) is 3.70. The van der Waals surface area contributed by atoms with Crippen molar-refractivity contribution in [1.29, 1.82) is 0 Å². The van der Waals surface area contributed by atoms with Gasteiger partial charge >= 0.3 is 0 Å². The Kier molecular flexibility index (Phi) is 2.39. The van der Waals surface area contributed by atoms with Gasteiger partial charge in [-0.1, -0.05) is 24.2 Å². The van der Waals surface area contributed by atoms with Crippen LogP contribution in [0.3, 0.4) is 0 Å². The summed E-state index contributed by atoms with van der Waals surface area (Å²) in [4.78, 5) is 4.84. The Balaban J connectivity index is 2.46. The van der Waals surface area contributed by atoms with Crippen LogP contribution in [0, 0.1) is 5.92 Å². The molecule has 0 radical (unpaired) electrons. The number of ether oxygens (including phenoxy) is 1. The maximum atomic E-state index is 5.58. The van der Waals surface area contributed by atoms with Crippen molar-refractivity contribution in [1.82, 2.24) is 0 Å². The van der Waals surface area contributed by atoms with Gasteiger partial charge in [0.2, 0.25) is 0 Å². The van der Waals surface area contributed by atoms with Crippen LogP contribution in [0.4, 0.5) is 0 Å². The molecular formula is C11H13NO2. The van der Waals surface area contributed by atoms with Gasteiger partial charge in [0.1, 0.15) is 12.9 Å². The lowest BCUT2D eigenvalue weighted by Crippen LogP contribution is -2.26. The van der Waals surface area contributed by atoms with Gasteiger partial charge in [-0.15, -0.1) is 0 Å². The van der Waals surface area contributed by atoms with E-state index < -0.39 is 0 Å². The van der Waals surface area contributed by atoms with E-state index in [1.54, 1.807) is 7.11 Å². The molecule has 0 spiro atoms. The third-order valence-corrected chi connectivity index (χ3v) is 2.31. The van der Waals surface area contributed by atoms with E-state index in [0.29, 0.717) is 6.61 Å². The average Bonchev–Trinajstić information content (AvgIpc) is 2.23. The van der Waals surface area contributed by atoms with Crippen molar-refractivity contribution in [2.45, 2.75) is 6.92 Å². The van der Waals surface area contributed by atoms with Crippen molar-refractivity contribution in [3.8, 4) is 5.75 Å². The van der Waals surface area contributed by atoms with E-state index in [1.807, 2.05) is 24.3 Å². The van der Waals surface area contributed by atoms with Crippen LogP contribution in [0.1, 0.15) is 12.5 Å². The molecule has 2 rings (SSSR count). The molecule has 3 nitrogen and oxygen atoms in total. The van der Waals surface area contributed by atoms with Gasteiger partial charge in [-0.05, 0) is 12.1 Å². The second-order valence-electron chi connectivity index (χ2n) is 3.37. The van der Waals surface area contributed by atoms with Crippen molar-refractivity contribution in [2.75, 3.05) is 13.7 Å².